The third kappa shape index (κ3) is 2.49. The summed E-state index contributed by atoms with van der Waals surface area (Å²) in [4.78, 5) is 22.3. The molecule has 5 heteroatoms. The van der Waals surface area contributed by atoms with E-state index in [1.807, 2.05) is 41.3 Å². The van der Waals surface area contributed by atoms with E-state index in [1.165, 1.54) is 16.6 Å². The molecule has 1 aliphatic rings. The highest BCUT2D eigenvalue weighted by Crippen LogP contribution is 2.27. The van der Waals surface area contributed by atoms with Gasteiger partial charge in [0.25, 0.3) is 0 Å². The van der Waals surface area contributed by atoms with Gasteiger partial charge in [0.1, 0.15) is 5.52 Å². The fraction of sp³-hybridized carbons (Fsp3) is 0.143. The summed E-state index contributed by atoms with van der Waals surface area (Å²) in [6.07, 6.45) is 4.03. The van der Waals surface area contributed by atoms with E-state index in [1.54, 1.807) is 12.2 Å². The van der Waals surface area contributed by atoms with Crippen molar-refractivity contribution in [2.75, 3.05) is 6.54 Å². The molecule has 1 N–H and O–H groups in total. The van der Waals surface area contributed by atoms with E-state index in [0.29, 0.717) is 19.0 Å². The average molecular weight is 343 g/mol. The number of hydrogen-bond donors (Lipinski definition) is 1. The molecule has 0 saturated carbocycles. The van der Waals surface area contributed by atoms with Crippen LogP contribution in [0, 0.1) is 0 Å². The molecular weight excluding hydrogens is 326 g/mol. The van der Waals surface area contributed by atoms with Crippen LogP contribution in [0.1, 0.15) is 17.1 Å². The Hall–Kier alpha value is -3.34. The zero-order valence-corrected chi connectivity index (χ0v) is 14.1. The first-order valence-corrected chi connectivity index (χ1v) is 8.69. The summed E-state index contributed by atoms with van der Waals surface area (Å²) in [6.45, 7) is 1.33. The Balaban J connectivity index is 1.37. The second-order valence-electron chi connectivity index (χ2n) is 6.49. The number of para-hydroxylation sites is 3. The first-order chi connectivity index (χ1) is 12.8. The molecule has 0 atom stereocenters. The summed E-state index contributed by atoms with van der Waals surface area (Å²) in [5.74, 6) is 0.424. The minimum absolute atomic E-state index is 0.0248. The fourth-order valence-electron chi connectivity index (χ4n) is 3.56. The van der Waals surface area contributed by atoms with Crippen molar-refractivity contribution in [2.24, 2.45) is 0 Å². The standard InChI is InChI=1S/C21H17N3O2/c25-21(10-9-20-23-18-7-3-4-8-19(18)26-20)24-12-11-17-15(13-24)14-5-1-2-6-16(14)22-17/h1-10,22H,11-13H2. The Kier molecular flexibility index (Phi) is 3.38. The smallest absolute Gasteiger partial charge is 0.247 e. The zero-order chi connectivity index (χ0) is 17.5. The Labute approximate surface area is 149 Å². The van der Waals surface area contributed by atoms with Crippen LogP contribution >= 0.6 is 0 Å². The maximum absolute atomic E-state index is 12.6. The van der Waals surface area contributed by atoms with Crippen LogP contribution < -0.4 is 0 Å². The second kappa shape index (κ2) is 5.88. The molecule has 2 aromatic heterocycles. The van der Waals surface area contributed by atoms with E-state index < -0.39 is 0 Å². The highest BCUT2D eigenvalue weighted by molar-refractivity contribution is 5.92. The topological polar surface area (TPSA) is 62.1 Å². The molecule has 0 fully saturated rings. The van der Waals surface area contributed by atoms with Crippen LogP contribution in [0.5, 0.6) is 0 Å². The van der Waals surface area contributed by atoms with E-state index in [4.69, 9.17) is 4.42 Å². The minimum Gasteiger partial charge on any atom is -0.437 e. The number of H-pyrrole nitrogens is 1. The predicted molar refractivity (Wildman–Crippen MR) is 100 cm³/mol. The first kappa shape index (κ1) is 15.0. The van der Waals surface area contributed by atoms with Crippen LogP contribution in [0.25, 0.3) is 28.1 Å². The molecule has 3 heterocycles. The lowest BCUT2D eigenvalue weighted by molar-refractivity contribution is -0.126. The largest absolute Gasteiger partial charge is 0.437 e. The van der Waals surface area contributed by atoms with E-state index in [9.17, 15) is 4.79 Å². The number of aromatic nitrogens is 2. The Bertz CT molecular complexity index is 1120. The molecule has 128 valence electrons. The van der Waals surface area contributed by atoms with Gasteiger partial charge in [-0.1, -0.05) is 30.3 Å². The lowest BCUT2D eigenvalue weighted by atomic mass is 10.0. The van der Waals surface area contributed by atoms with Crippen molar-refractivity contribution in [3.8, 4) is 0 Å². The van der Waals surface area contributed by atoms with Crippen molar-refractivity contribution >= 4 is 34.0 Å². The summed E-state index contributed by atoms with van der Waals surface area (Å²) in [6, 6.07) is 15.8. The molecule has 26 heavy (non-hydrogen) atoms. The molecule has 1 amide bonds. The van der Waals surface area contributed by atoms with Gasteiger partial charge in [-0.05, 0) is 18.2 Å². The van der Waals surface area contributed by atoms with E-state index in [-0.39, 0.29) is 5.91 Å². The third-order valence-corrected chi connectivity index (χ3v) is 4.87. The quantitative estimate of drug-likeness (QED) is 0.561. The highest BCUT2D eigenvalue weighted by atomic mass is 16.3. The molecule has 0 radical (unpaired) electrons. The van der Waals surface area contributed by atoms with Crippen molar-refractivity contribution in [1.29, 1.82) is 0 Å². The number of fused-ring (bicyclic) bond motifs is 4. The van der Waals surface area contributed by atoms with E-state index in [2.05, 4.69) is 22.1 Å². The normalized spacial score (nSPS) is 14.4. The summed E-state index contributed by atoms with van der Waals surface area (Å²) in [5.41, 5.74) is 5.10. The van der Waals surface area contributed by atoms with Gasteiger partial charge in [-0.15, -0.1) is 0 Å². The van der Waals surface area contributed by atoms with Gasteiger partial charge in [0, 0.05) is 53.8 Å². The van der Waals surface area contributed by atoms with Crippen LogP contribution in [0.4, 0.5) is 0 Å². The van der Waals surface area contributed by atoms with Crippen molar-refractivity contribution in [3.63, 3.8) is 0 Å². The van der Waals surface area contributed by atoms with Crippen molar-refractivity contribution in [1.82, 2.24) is 14.9 Å². The Morgan fingerprint density at radius 1 is 1.15 bits per heavy atom. The zero-order valence-electron chi connectivity index (χ0n) is 14.1. The number of hydrogen-bond acceptors (Lipinski definition) is 3. The van der Waals surface area contributed by atoms with Gasteiger partial charge in [-0.25, -0.2) is 4.98 Å². The van der Waals surface area contributed by atoms with Crippen LogP contribution in [0.15, 0.2) is 59.0 Å². The number of carbonyl (C=O) groups is 1. The first-order valence-electron chi connectivity index (χ1n) is 8.69. The van der Waals surface area contributed by atoms with Gasteiger partial charge in [0.15, 0.2) is 5.58 Å². The number of nitrogens with zero attached hydrogens (tertiary/aromatic N) is 2. The Morgan fingerprint density at radius 3 is 2.92 bits per heavy atom. The van der Waals surface area contributed by atoms with Gasteiger partial charge in [0.05, 0.1) is 0 Å². The highest BCUT2D eigenvalue weighted by Gasteiger charge is 2.22. The van der Waals surface area contributed by atoms with Gasteiger partial charge in [0.2, 0.25) is 11.8 Å². The van der Waals surface area contributed by atoms with Crippen LogP contribution in [0.2, 0.25) is 0 Å². The van der Waals surface area contributed by atoms with E-state index in [0.717, 1.165) is 23.0 Å². The van der Waals surface area contributed by atoms with Gasteiger partial charge in [-0.3, -0.25) is 4.79 Å². The van der Waals surface area contributed by atoms with Crippen LogP contribution in [-0.4, -0.2) is 27.3 Å². The van der Waals surface area contributed by atoms with Gasteiger partial charge >= 0.3 is 0 Å². The predicted octanol–water partition coefficient (Wildman–Crippen LogP) is 3.91. The number of nitrogens with one attached hydrogen (secondary N) is 1. The number of rotatable bonds is 2. The summed E-state index contributed by atoms with van der Waals surface area (Å²) < 4.78 is 5.63. The number of carbonyl (C=O) groups excluding carboxylic acids is 1. The molecular formula is C21H17N3O2. The van der Waals surface area contributed by atoms with Crippen LogP contribution in [0.3, 0.4) is 0 Å². The lowest BCUT2D eigenvalue weighted by Crippen LogP contribution is -2.34. The van der Waals surface area contributed by atoms with Crippen LogP contribution in [-0.2, 0) is 17.8 Å². The van der Waals surface area contributed by atoms with Crippen molar-refractivity contribution in [2.45, 2.75) is 13.0 Å². The molecule has 0 aliphatic carbocycles. The molecule has 5 rings (SSSR count). The van der Waals surface area contributed by atoms with Crippen molar-refractivity contribution in [3.05, 3.63) is 71.8 Å². The average Bonchev–Trinajstić information content (AvgIpc) is 3.26. The molecule has 4 aromatic rings. The van der Waals surface area contributed by atoms with Crippen molar-refractivity contribution < 1.29 is 9.21 Å². The lowest BCUT2D eigenvalue weighted by Gasteiger charge is -2.26. The van der Waals surface area contributed by atoms with Gasteiger partial charge in [-0.2, -0.15) is 0 Å². The molecule has 0 bridgehead atoms. The molecule has 5 nitrogen and oxygen atoms in total. The van der Waals surface area contributed by atoms with Gasteiger partial charge < -0.3 is 14.3 Å². The SMILES string of the molecule is O=C(C=Cc1nc2ccccc2o1)N1CCc2[nH]c3ccccc3c2C1. The molecule has 0 spiro atoms. The fourth-order valence-corrected chi connectivity index (χ4v) is 3.56. The minimum atomic E-state index is -0.0248. The second-order valence-corrected chi connectivity index (χ2v) is 6.49. The summed E-state index contributed by atoms with van der Waals surface area (Å²) >= 11 is 0. The number of benzene rings is 2. The molecule has 0 saturated heterocycles. The Morgan fingerprint density at radius 2 is 2.00 bits per heavy atom. The molecule has 0 unspecified atom stereocenters. The number of oxazole rings is 1. The number of aromatic amines is 1. The summed E-state index contributed by atoms with van der Waals surface area (Å²) in [5, 5.41) is 1.20. The summed E-state index contributed by atoms with van der Waals surface area (Å²) in [7, 11) is 0. The maximum Gasteiger partial charge on any atom is 0.247 e. The maximum atomic E-state index is 12.6. The monoisotopic (exact) mass is 343 g/mol. The molecule has 1 aliphatic heterocycles. The number of amides is 1. The molecule has 2 aromatic carbocycles. The third-order valence-electron chi connectivity index (χ3n) is 4.87. The van der Waals surface area contributed by atoms with E-state index >= 15 is 0 Å².